The van der Waals surface area contributed by atoms with Gasteiger partial charge in [0, 0.05) is 12.1 Å². The Hall–Kier alpha value is -3.48. The minimum absolute atomic E-state index is 0.0985. The van der Waals surface area contributed by atoms with E-state index >= 15 is 0 Å². The van der Waals surface area contributed by atoms with Crippen LogP contribution in [-0.2, 0) is 4.84 Å². The quantitative estimate of drug-likeness (QED) is 0.345. The van der Waals surface area contributed by atoms with Gasteiger partial charge in [0.25, 0.3) is 5.69 Å². The molecule has 0 saturated heterocycles. The summed E-state index contributed by atoms with van der Waals surface area (Å²) >= 11 is 0. The number of oxime groups is 1. The fourth-order valence-corrected chi connectivity index (χ4v) is 1.85. The van der Waals surface area contributed by atoms with Gasteiger partial charge in [-0.25, -0.2) is 4.79 Å². The Balaban J connectivity index is 1.96. The molecule has 0 aliphatic carbocycles. The third-order valence-electron chi connectivity index (χ3n) is 3.22. The van der Waals surface area contributed by atoms with Gasteiger partial charge in [0.15, 0.2) is 0 Å². The van der Waals surface area contributed by atoms with E-state index in [0.29, 0.717) is 5.71 Å². The zero-order valence-corrected chi connectivity index (χ0v) is 13.7. The first-order chi connectivity index (χ1) is 12.0. The number of carbonyl (C=O) groups excluding carboxylic acids is 1. The maximum absolute atomic E-state index is 11.8. The lowest BCUT2D eigenvalue weighted by molar-refractivity contribution is -0.384. The highest BCUT2D eigenvalue weighted by Gasteiger charge is 2.10. The molecule has 128 valence electrons. The van der Waals surface area contributed by atoms with Crippen molar-refractivity contribution in [3.63, 3.8) is 0 Å². The monoisotopic (exact) mass is 340 g/mol. The maximum Gasteiger partial charge on any atom is 0.365 e. The second-order valence-electron chi connectivity index (χ2n) is 5.02. The lowest BCUT2D eigenvalue weighted by atomic mass is 10.2. The zero-order chi connectivity index (χ0) is 18.2. The van der Waals surface area contributed by atoms with Gasteiger partial charge in [-0.05, 0) is 42.8 Å². The van der Waals surface area contributed by atoms with Crippen molar-refractivity contribution in [1.29, 1.82) is 0 Å². The lowest BCUT2D eigenvalue weighted by Crippen LogP contribution is -2.02. The summed E-state index contributed by atoms with van der Waals surface area (Å²) in [5.41, 5.74) is 1.52. The number of carbonyl (C=O) groups is 1. The number of allylic oxidation sites excluding steroid dienone is 1. The number of hydrogen-bond acceptors (Lipinski definition) is 6. The number of nitro groups is 1. The van der Waals surface area contributed by atoms with Crippen LogP contribution < -0.4 is 4.74 Å². The fourth-order valence-electron chi connectivity index (χ4n) is 1.85. The van der Waals surface area contributed by atoms with Crippen molar-refractivity contribution in [2.24, 2.45) is 5.16 Å². The molecule has 7 heteroatoms. The Morgan fingerprint density at radius 1 is 1.12 bits per heavy atom. The van der Waals surface area contributed by atoms with Crippen molar-refractivity contribution < 1.29 is 19.3 Å². The molecule has 0 saturated carbocycles. The van der Waals surface area contributed by atoms with E-state index in [0.717, 1.165) is 11.3 Å². The topological polar surface area (TPSA) is 91.0 Å². The molecule has 0 fully saturated rings. The molecule has 0 aliphatic rings. The number of methoxy groups -OCH3 is 1. The van der Waals surface area contributed by atoms with Gasteiger partial charge in [0.1, 0.15) is 5.75 Å². The van der Waals surface area contributed by atoms with Gasteiger partial charge in [-0.1, -0.05) is 23.4 Å². The summed E-state index contributed by atoms with van der Waals surface area (Å²) in [4.78, 5) is 26.7. The van der Waals surface area contributed by atoms with Gasteiger partial charge < -0.3 is 9.57 Å². The first-order valence-electron chi connectivity index (χ1n) is 7.32. The third-order valence-corrected chi connectivity index (χ3v) is 3.22. The highest BCUT2D eigenvalue weighted by atomic mass is 16.7. The first kappa shape index (κ1) is 17.9. The molecular formula is C18H16N2O5. The van der Waals surface area contributed by atoms with Gasteiger partial charge in [0.2, 0.25) is 0 Å². The molecule has 0 amide bonds. The van der Waals surface area contributed by atoms with E-state index in [4.69, 9.17) is 9.57 Å². The molecule has 0 atom stereocenters. The molecule has 25 heavy (non-hydrogen) atoms. The normalized spacial score (nSPS) is 11.4. The van der Waals surface area contributed by atoms with Crippen LogP contribution in [0, 0.1) is 10.1 Å². The summed E-state index contributed by atoms with van der Waals surface area (Å²) < 4.78 is 5.08. The second-order valence-corrected chi connectivity index (χ2v) is 5.02. The molecule has 0 N–H and O–H groups in total. The molecule has 0 unspecified atom stereocenters. The number of non-ortho nitro benzene ring substituents is 1. The number of rotatable bonds is 6. The molecular weight excluding hydrogens is 324 g/mol. The number of ether oxygens (including phenoxy) is 1. The minimum Gasteiger partial charge on any atom is -0.497 e. The van der Waals surface area contributed by atoms with Crippen LogP contribution in [0.1, 0.15) is 22.8 Å². The van der Waals surface area contributed by atoms with Crippen LogP contribution in [0.2, 0.25) is 0 Å². The molecule has 0 heterocycles. The first-order valence-corrected chi connectivity index (χ1v) is 7.32. The van der Waals surface area contributed by atoms with Gasteiger partial charge in [0.05, 0.1) is 23.3 Å². The second kappa shape index (κ2) is 8.39. The van der Waals surface area contributed by atoms with E-state index in [1.54, 1.807) is 20.1 Å². The molecule has 7 nitrogen and oxygen atoms in total. The van der Waals surface area contributed by atoms with E-state index < -0.39 is 10.9 Å². The number of nitro benzene ring substituents is 1. The zero-order valence-electron chi connectivity index (χ0n) is 13.7. The Labute approximate surface area is 144 Å². The summed E-state index contributed by atoms with van der Waals surface area (Å²) in [6, 6.07) is 12.5. The van der Waals surface area contributed by atoms with E-state index in [9.17, 15) is 14.9 Å². The number of hydrogen-bond donors (Lipinski definition) is 0. The van der Waals surface area contributed by atoms with Gasteiger partial charge >= 0.3 is 5.97 Å². The summed E-state index contributed by atoms with van der Waals surface area (Å²) in [6.45, 7) is 1.68. The Morgan fingerprint density at radius 2 is 1.76 bits per heavy atom. The van der Waals surface area contributed by atoms with Crippen LogP contribution in [0.25, 0.3) is 6.08 Å². The smallest absolute Gasteiger partial charge is 0.365 e. The van der Waals surface area contributed by atoms with Crippen LogP contribution in [0.4, 0.5) is 5.69 Å². The summed E-state index contributed by atoms with van der Waals surface area (Å²) in [5.74, 6) is 0.0756. The van der Waals surface area contributed by atoms with E-state index in [-0.39, 0.29) is 11.3 Å². The molecule has 0 spiro atoms. The Morgan fingerprint density at radius 3 is 2.32 bits per heavy atom. The minimum atomic E-state index is -0.688. The van der Waals surface area contributed by atoms with Gasteiger partial charge in [-0.2, -0.15) is 0 Å². The number of benzene rings is 2. The predicted octanol–water partition coefficient (Wildman–Crippen LogP) is 3.85. The van der Waals surface area contributed by atoms with E-state index in [2.05, 4.69) is 5.16 Å². The van der Waals surface area contributed by atoms with E-state index in [1.165, 1.54) is 24.3 Å². The van der Waals surface area contributed by atoms with Crippen molar-refractivity contribution in [2.45, 2.75) is 6.92 Å². The average Bonchev–Trinajstić information content (AvgIpc) is 2.64. The Bertz CT molecular complexity index is 808. The van der Waals surface area contributed by atoms with Gasteiger partial charge in [-0.3, -0.25) is 10.1 Å². The summed E-state index contributed by atoms with van der Waals surface area (Å²) in [6.07, 6.45) is 3.52. The molecule has 0 aliphatic heterocycles. The largest absolute Gasteiger partial charge is 0.497 e. The highest BCUT2D eigenvalue weighted by molar-refractivity contribution is 5.97. The lowest BCUT2D eigenvalue weighted by Gasteiger charge is -2.00. The van der Waals surface area contributed by atoms with Crippen LogP contribution in [0.5, 0.6) is 5.75 Å². The molecule has 0 radical (unpaired) electrons. The molecule has 0 aromatic heterocycles. The Kier molecular flexibility index (Phi) is 6.00. The van der Waals surface area contributed by atoms with Gasteiger partial charge in [-0.15, -0.1) is 0 Å². The third kappa shape index (κ3) is 5.28. The van der Waals surface area contributed by atoms with Crippen molar-refractivity contribution in [3.8, 4) is 5.75 Å². The molecule has 0 bridgehead atoms. The van der Waals surface area contributed by atoms with Crippen LogP contribution >= 0.6 is 0 Å². The summed E-state index contributed by atoms with van der Waals surface area (Å²) in [7, 11) is 1.60. The van der Waals surface area contributed by atoms with Crippen molar-refractivity contribution in [2.75, 3.05) is 7.11 Å². The standard InChI is InChI=1S/C18H16N2O5/c1-13(3-4-14-5-11-17(24-2)12-6-14)19-25-18(21)15-7-9-16(10-8-15)20(22)23/h3-12H,1-2H3/b4-3+,19-13+. The van der Waals surface area contributed by atoms with E-state index in [1.807, 2.05) is 30.3 Å². The molecule has 2 rings (SSSR count). The average molecular weight is 340 g/mol. The van der Waals surface area contributed by atoms with Crippen LogP contribution in [0.15, 0.2) is 59.8 Å². The molecule has 2 aromatic carbocycles. The highest BCUT2D eigenvalue weighted by Crippen LogP contribution is 2.13. The summed E-state index contributed by atoms with van der Waals surface area (Å²) in [5, 5.41) is 14.3. The fraction of sp³-hybridized carbons (Fsp3) is 0.111. The van der Waals surface area contributed by atoms with Crippen LogP contribution in [-0.4, -0.2) is 23.7 Å². The van der Waals surface area contributed by atoms with Crippen molar-refractivity contribution in [3.05, 3.63) is 75.8 Å². The SMILES string of the molecule is COc1ccc(/C=C/C(C)=N/OC(=O)c2ccc([N+](=O)[O-])cc2)cc1. The number of nitrogens with zero attached hydrogens (tertiary/aromatic N) is 2. The predicted molar refractivity (Wildman–Crippen MR) is 93.6 cm³/mol. The van der Waals surface area contributed by atoms with Crippen molar-refractivity contribution >= 4 is 23.4 Å². The van der Waals surface area contributed by atoms with Crippen molar-refractivity contribution in [1.82, 2.24) is 0 Å². The maximum atomic E-state index is 11.8. The van der Waals surface area contributed by atoms with Crippen LogP contribution in [0.3, 0.4) is 0 Å². The molecule has 2 aromatic rings.